The zero-order chi connectivity index (χ0) is 15.1. The molecule has 1 fully saturated rings. The first-order valence-electron chi connectivity index (χ1n) is 7.55. The van der Waals surface area contributed by atoms with Gasteiger partial charge in [-0.1, -0.05) is 13.8 Å². The third-order valence-electron chi connectivity index (χ3n) is 3.31. The number of rotatable bonds is 8. The molecule has 2 rings (SSSR count). The molecule has 1 aliphatic heterocycles. The van der Waals surface area contributed by atoms with Gasteiger partial charge in [0.1, 0.15) is 18.2 Å². The van der Waals surface area contributed by atoms with Crippen LogP contribution >= 0.6 is 0 Å². The lowest BCUT2D eigenvalue weighted by Crippen LogP contribution is -2.19. The Hall–Kier alpha value is -1.40. The fourth-order valence-corrected chi connectivity index (χ4v) is 2.12. The van der Waals surface area contributed by atoms with E-state index in [1.165, 1.54) is 0 Å². The van der Waals surface area contributed by atoms with Crippen LogP contribution < -0.4 is 10.1 Å². The van der Waals surface area contributed by atoms with Gasteiger partial charge in [-0.15, -0.1) is 0 Å². The Kier molecular flexibility index (Phi) is 6.20. The zero-order valence-electron chi connectivity index (χ0n) is 13.1. The minimum atomic E-state index is 0.249. The largest absolute Gasteiger partial charge is 0.475 e. The molecule has 21 heavy (non-hydrogen) atoms. The summed E-state index contributed by atoms with van der Waals surface area (Å²) >= 11 is 0. The monoisotopic (exact) mass is 295 g/mol. The Morgan fingerprint density at radius 1 is 1.38 bits per heavy atom. The van der Waals surface area contributed by atoms with E-state index in [0.717, 1.165) is 37.6 Å². The first kappa shape index (κ1) is 16.0. The van der Waals surface area contributed by atoms with Crippen LogP contribution in [0.3, 0.4) is 0 Å². The highest BCUT2D eigenvalue weighted by molar-refractivity contribution is 5.39. The summed E-state index contributed by atoms with van der Waals surface area (Å²) < 4.78 is 16.2. The molecule has 1 atom stereocenters. The lowest BCUT2D eigenvalue weighted by Gasteiger charge is -2.14. The number of anilines is 1. The van der Waals surface area contributed by atoms with Crippen molar-refractivity contribution in [3.8, 4) is 5.88 Å². The molecule has 1 unspecified atom stereocenters. The van der Waals surface area contributed by atoms with E-state index in [1.807, 2.05) is 6.07 Å². The Bertz CT molecular complexity index is 434. The maximum Gasteiger partial charge on any atom is 0.218 e. The number of hydrogen-bond acceptors (Lipinski definition) is 6. The number of ether oxygens (including phenoxy) is 3. The fourth-order valence-electron chi connectivity index (χ4n) is 2.12. The van der Waals surface area contributed by atoms with Crippen LogP contribution in [0, 0.1) is 0 Å². The highest BCUT2D eigenvalue weighted by atomic mass is 16.5. The van der Waals surface area contributed by atoms with Gasteiger partial charge in [-0.05, 0) is 12.8 Å². The van der Waals surface area contributed by atoms with Crippen molar-refractivity contribution in [2.24, 2.45) is 0 Å². The third kappa shape index (κ3) is 5.13. The number of nitrogens with one attached hydrogen (secondary N) is 1. The molecule has 1 saturated heterocycles. The van der Waals surface area contributed by atoms with Crippen LogP contribution in [0.25, 0.3) is 0 Å². The van der Waals surface area contributed by atoms with Crippen LogP contribution in [-0.2, 0) is 9.47 Å². The molecular formula is C15H25N3O3. The third-order valence-corrected chi connectivity index (χ3v) is 3.31. The molecule has 1 aromatic heterocycles. The van der Waals surface area contributed by atoms with Crippen LogP contribution in [-0.4, -0.2) is 49.5 Å². The Labute approximate surface area is 126 Å². The van der Waals surface area contributed by atoms with Crippen molar-refractivity contribution in [2.75, 3.05) is 38.8 Å². The Morgan fingerprint density at radius 3 is 2.90 bits per heavy atom. The van der Waals surface area contributed by atoms with Gasteiger partial charge in [0, 0.05) is 32.2 Å². The smallest absolute Gasteiger partial charge is 0.218 e. The van der Waals surface area contributed by atoms with E-state index in [0.29, 0.717) is 19.1 Å². The van der Waals surface area contributed by atoms with Gasteiger partial charge in [0.25, 0.3) is 0 Å². The van der Waals surface area contributed by atoms with E-state index in [-0.39, 0.29) is 12.0 Å². The van der Waals surface area contributed by atoms with Crippen LogP contribution in [0.2, 0.25) is 0 Å². The predicted molar refractivity (Wildman–Crippen MR) is 81.0 cm³/mol. The van der Waals surface area contributed by atoms with Crippen molar-refractivity contribution >= 4 is 5.82 Å². The maximum atomic E-state index is 5.61. The van der Waals surface area contributed by atoms with Crippen molar-refractivity contribution in [3.05, 3.63) is 11.9 Å². The second-order valence-electron chi connectivity index (χ2n) is 5.46. The van der Waals surface area contributed by atoms with Crippen LogP contribution in [0.15, 0.2) is 6.07 Å². The van der Waals surface area contributed by atoms with Crippen molar-refractivity contribution < 1.29 is 14.2 Å². The summed E-state index contributed by atoms with van der Waals surface area (Å²) in [5.41, 5.74) is 0. The molecule has 2 heterocycles. The van der Waals surface area contributed by atoms with Crippen molar-refractivity contribution in [3.63, 3.8) is 0 Å². The van der Waals surface area contributed by atoms with Gasteiger partial charge in [0.05, 0.1) is 12.7 Å². The quantitative estimate of drug-likeness (QED) is 0.742. The van der Waals surface area contributed by atoms with Crippen LogP contribution in [0.4, 0.5) is 5.82 Å². The number of aromatic nitrogens is 2. The molecule has 0 radical (unpaired) electrons. The SMILES string of the molecule is COCCOc1cc(NCC2CCCO2)nc(C(C)C)n1. The van der Waals surface area contributed by atoms with Crippen LogP contribution in [0.1, 0.15) is 38.4 Å². The molecule has 1 aromatic rings. The van der Waals surface area contributed by atoms with Crippen LogP contribution in [0.5, 0.6) is 5.88 Å². The van der Waals surface area contributed by atoms with E-state index in [1.54, 1.807) is 7.11 Å². The summed E-state index contributed by atoms with van der Waals surface area (Å²) in [5.74, 6) is 2.40. The molecule has 0 spiro atoms. The molecule has 0 amide bonds. The van der Waals surface area contributed by atoms with Gasteiger partial charge >= 0.3 is 0 Å². The molecule has 1 N–H and O–H groups in total. The Morgan fingerprint density at radius 2 is 2.24 bits per heavy atom. The summed E-state index contributed by atoms with van der Waals surface area (Å²) in [7, 11) is 1.65. The molecule has 0 saturated carbocycles. The highest BCUT2D eigenvalue weighted by Gasteiger charge is 2.16. The second-order valence-corrected chi connectivity index (χ2v) is 5.46. The van der Waals surface area contributed by atoms with Gasteiger partial charge < -0.3 is 19.5 Å². The molecule has 0 bridgehead atoms. The first-order valence-corrected chi connectivity index (χ1v) is 7.55. The fraction of sp³-hybridized carbons (Fsp3) is 0.733. The average molecular weight is 295 g/mol. The minimum absolute atomic E-state index is 0.249. The standard InChI is InChI=1S/C15H25N3O3/c1-11(2)15-17-13(16-10-12-5-4-6-20-12)9-14(18-15)21-8-7-19-3/h9,11-12H,4-8,10H2,1-3H3,(H,16,17,18). The van der Waals surface area contributed by atoms with Crippen molar-refractivity contribution in [1.82, 2.24) is 9.97 Å². The molecule has 6 heteroatoms. The summed E-state index contributed by atoms with van der Waals surface area (Å²) in [4.78, 5) is 8.96. The van der Waals surface area contributed by atoms with Gasteiger partial charge in [-0.3, -0.25) is 0 Å². The maximum absolute atomic E-state index is 5.61. The summed E-state index contributed by atoms with van der Waals surface area (Å²) in [6.07, 6.45) is 2.52. The lowest BCUT2D eigenvalue weighted by molar-refractivity contribution is 0.120. The highest BCUT2D eigenvalue weighted by Crippen LogP contribution is 2.19. The van der Waals surface area contributed by atoms with E-state index in [2.05, 4.69) is 29.1 Å². The Balaban J connectivity index is 1.99. The predicted octanol–water partition coefficient (Wildman–Crippen LogP) is 2.22. The second kappa shape index (κ2) is 8.14. The molecule has 1 aliphatic rings. The normalized spacial score (nSPS) is 18.2. The molecule has 0 aromatic carbocycles. The summed E-state index contributed by atoms with van der Waals surface area (Å²) in [6.45, 7) is 6.79. The van der Waals surface area contributed by atoms with Gasteiger partial charge in [0.2, 0.25) is 5.88 Å². The number of nitrogens with zero attached hydrogens (tertiary/aromatic N) is 2. The van der Waals surface area contributed by atoms with E-state index in [9.17, 15) is 0 Å². The number of methoxy groups -OCH3 is 1. The van der Waals surface area contributed by atoms with Gasteiger partial charge in [-0.25, -0.2) is 4.98 Å². The van der Waals surface area contributed by atoms with Crippen molar-refractivity contribution in [2.45, 2.75) is 38.7 Å². The zero-order valence-corrected chi connectivity index (χ0v) is 13.1. The summed E-state index contributed by atoms with van der Waals surface area (Å²) in [6, 6.07) is 1.83. The van der Waals surface area contributed by atoms with E-state index >= 15 is 0 Å². The number of hydrogen-bond donors (Lipinski definition) is 1. The van der Waals surface area contributed by atoms with E-state index < -0.39 is 0 Å². The summed E-state index contributed by atoms with van der Waals surface area (Å²) in [5, 5.41) is 3.33. The first-order chi connectivity index (χ1) is 10.2. The van der Waals surface area contributed by atoms with Crippen molar-refractivity contribution in [1.29, 1.82) is 0 Å². The van der Waals surface area contributed by atoms with Gasteiger partial charge in [-0.2, -0.15) is 4.98 Å². The molecule has 118 valence electrons. The average Bonchev–Trinajstić information content (AvgIpc) is 2.98. The van der Waals surface area contributed by atoms with Gasteiger partial charge in [0.15, 0.2) is 0 Å². The molecule has 0 aliphatic carbocycles. The molecular weight excluding hydrogens is 270 g/mol. The van der Waals surface area contributed by atoms with E-state index in [4.69, 9.17) is 14.2 Å². The topological polar surface area (TPSA) is 65.5 Å². The molecule has 6 nitrogen and oxygen atoms in total. The lowest BCUT2D eigenvalue weighted by atomic mass is 10.2. The minimum Gasteiger partial charge on any atom is -0.475 e.